The van der Waals surface area contributed by atoms with Crippen LogP contribution in [0, 0.1) is 13.8 Å². The smallest absolute Gasteiger partial charge is 0.286 e. The fourth-order valence-electron chi connectivity index (χ4n) is 3.45. The minimum Gasteiger partial charge on any atom is -0.320 e. The largest absolute Gasteiger partial charge is 0.320 e. The van der Waals surface area contributed by atoms with Crippen LogP contribution in [0.4, 0.5) is 5.69 Å². The zero-order valence-electron chi connectivity index (χ0n) is 16.7. The number of carbonyl (C=O) groups is 1. The van der Waals surface area contributed by atoms with Crippen LogP contribution in [0.25, 0.3) is 0 Å². The molecule has 1 fully saturated rings. The molecule has 30 heavy (non-hydrogen) atoms. The van der Waals surface area contributed by atoms with Crippen molar-refractivity contribution in [3.05, 3.63) is 69.7 Å². The number of aromatic nitrogens is 2. The lowest BCUT2D eigenvalue weighted by molar-refractivity contribution is 0.102. The quantitative estimate of drug-likeness (QED) is 0.646. The second-order valence-corrected chi connectivity index (χ2v) is 10.2. The van der Waals surface area contributed by atoms with E-state index in [0.717, 1.165) is 28.9 Å². The van der Waals surface area contributed by atoms with Gasteiger partial charge in [0.15, 0.2) is 0 Å². The van der Waals surface area contributed by atoms with Gasteiger partial charge < -0.3 is 5.32 Å². The molecule has 0 spiro atoms. The van der Waals surface area contributed by atoms with Crippen molar-refractivity contribution in [2.24, 2.45) is 0 Å². The summed E-state index contributed by atoms with van der Waals surface area (Å²) in [5.41, 5.74) is 2.65. The molecule has 1 atom stereocenters. The van der Waals surface area contributed by atoms with Crippen LogP contribution in [0.3, 0.4) is 0 Å². The van der Waals surface area contributed by atoms with Crippen molar-refractivity contribution in [2.75, 3.05) is 11.9 Å². The molecule has 3 aromatic rings. The molecule has 1 N–H and O–H groups in total. The van der Waals surface area contributed by atoms with Gasteiger partial charge in [-0.15, -0.1) is 10.2 Å². The third-order valence-corrected chi connectivity index (χ3v) is 8.17. The second-order valence-electron chi connectivity index (χ2n) is 7.29. The van der Waals surface area contributed by atoms with Gasteiger partial charge in [0.05, 0.1) is 10.9 Å². The van der Waals surface area contributed by atoms with Crippen LogP contribution in [0.2, 0.25) is 0 Å². The van der Waals surface area contributed by atoms with Crippen molar-refractivity contribution < 1.29 is 13.2 Å². The number of aryl methyl sites for hydroxylation is 2. The van der Waals surface area contributed by atoms with E-state index in [4.69, 9.17) is 0 Å². The first-order valence-electron chi connectivity index (χ1n) is 9.65. The van der Waals surface area contributed by atoms with E-state index in [1.54, 1.807) is 24.3 Å². The summed E-state index contributed by atoms with van der Waals surface area (Å²) < 4.78 is 28.0. The number of rotatable bonds is 5. The Bertz CT molecular complexity index is 1180. The molecule has 0 bridgehead atoms. The summed E-state index contributed by atoms with van der Waals surface area (Å²) >= 11 is 1.14. The summed E-state index contributed by atoms with van der Waals surface area (Å²) in [6.07, 6.45) is 1.39. The Hall–Kier alpha value is -2.62. The van der Waals surface area contributed by atoms with Crippen LogP contribution in [-0.2, 0) is 10.0 Å². The number of benzene rings is 2. The lowest BCUT2D eigenvalue weighted by Crippen LogP contribution is -2.30. The van der Waals surface area contributed by atoms with Crippen LogP contribution in [0.5, 0.6) is 0 Å². The van der Waals surface area contributed by atoms with Crippen molar-refractivity contribution in [1.29, 1.82) is 0 Å². The zero-order chi connectivity index (χ0) is 21.3. The second kappa shape index (κ2) is 8.25. The number of para-hydroxylation sites is 1. The van der Waals surface area contributed by atoms with Gasteiger partial charge in [0, 0.05) is 12.2 Å². The molecular weight excluding hydrogens is 420 g/mol. The number of hydrogen-bond donors (Lipinski definition) is 1. The molecule has 2 heterocycles. The highest BCUT2D eigenvalue weighted by Gasteiger charge is 2.38. The van der Waals surface area contributed by atoms with Crippen LogP contribution >= 0.6 is 11.3 Å². The average molecular weight is 443 g/mol. The molecule has 2 aromatic carbocycles. The SMILES string of the molecule is Cc1ccc(S(=O)(=O)N2CCC[C@H]2c2nnc(C(=O)Nc3ccccc3)s2)cc1C. The zero-order valence-corrected chi connectivity index (χ0v) is 18.3. The first-order chi connectivity index (χ1) is 14.4. The molecule has 156 valence electrons. The third kappa shape index (κ3) is 4.00. The third-order valence-electron chi connectivity index (χ3n) is 5.24. The van der Waals surface area contributed by atoms with E-state index >= 15 is 0 Å². The molecule has 0 aliphatic carbocycles. The minimum absolute atomic E-state index is 0.212. The van der Waals surface area contributed by atoms with Crippen LogP contribution in [0.15, 0.2) is 53.4 Å². The summed E-state index contributed by atoms with van der Waals surface area (Å²) in [6, 6.07) is 13.9. The molecule has 0 saturated carbocycles. The maximum Gasteiger partial charge on any atom is 0.286 e. The Labute approximate surface area is 179 Å². The van der Waals surface area contributed by atoms with Gasteiger partial charge in [-0.3, -0.25) is 4.79 Å². The maximum absolute atomic E-state index is 13.3. The molecule has 0 radical (unpaired) electrons. The lowest BCUT2D eigenvalue weighted by atomic mass is 10.1. The van der Waals surface area contributed by atoms with Gasteiger partial charge in [-0.2, -0.15) is 4.31 Å². The summed E-state index contributed by atoms with van der Waals surface area (Å²) in [5, 5.41) is 11.7. The molecule has 1 aliphatic rings. The van der Waals surface area contributed by atoms with E-state index in [-0.39, 0.29) is 15.8 Å². The van der Waals surface area contributed by atoms with Crippen molar-refractivity contribution >= 4 is 33.0 Å². The molecular formula is C21H22N4O3S2. The van der Waals surface area contributed by atoms with Crippen molar-refractivity contribution in [1.82, 2.24) is 14.5 Å². The van der Waals surface area contributed by atoms with Crippen LogP contribution in [0.1, 0.15) is 44.8 Å². The Morgan fingerprint density at radius 3 is 2.60 bits per heavy atom. The molecule has 1 saturated heterocycles. The highest BCUT2D eigenvalue weighted by atomic mass is 32.2. The lowest BCUT2D eigenvalue weighted by Gasteiger charge is -2.22. The molecule has 1 aliphatic heterocycles. The van der Waals surface area contributed by atoms with E-state index in [0.29, 0.717) is 23.7 Å². The number of sulfonamides is 1. The van der Waals surface area contributed by atoms with Gasteiger partial charge in [0.25, 0.3) is 5.91 Å². The van der Waals surface area contributed by atoms with Crippen molar-refractivity contribution in [3.63, 3.8) is 0 Å². The first kappa shape index (κ1) is 20.6. The van der Waals surface area contributed by atoms with Gasteiger partial charge in [-0.05, 0) is 62.1 Å². The topological polar surface area (TPSA) is 92.3 Å². The number of carbonyl (C=O) groups excluding carboxylic acids is 1. The van der Waals surface area contributed by atoms with Crippen molar-refractivity contribution in [2.45, 2.75) is 37.6 Å². The fraction of sp³-hybridized carbons (Fsp3) is 0.286. The molecule has 1 aromatic heterocycles. The number of anilines is 1. The Balaban J connectivity index is 1.57. The van der Waals surface area contributed by atoms with E-state index in [1.165, 1.54) is 4.31 Å². The molecule has 1 amide bonds. The molecule has 4 rings (SSSR count). The summed E-state index contributed by atoms with van der Waals surface area (Å²) in [5.74, 6) is -0.355. The van der Waals surface area contributed by atoms with Gasteiger partial charge in [-0.1, -0.05) is 35.6 Å². The van der Waals surface area contributed by atoms with Crippen molar-refractivity contribution in [3.8, 4) is 0 Å². The highest BCUT2D eigenvalue weighted by molar-refractivity contribution is 7.89. The Kier molecular flexibility index (Phi) is 5.68. The van der Waals surface area contributed by atoms with Crippen LogP contribution in [-0.4, -0.2) is 35.4 Å². The van der Waals surface area contributed by atoms with E-state index in [9.17, 15) is 13.2 Å². The van der Waals surface area contributed by atoms with Gasteiger partial charge in [-0.25, -0.2) is 8.42 Å². The van der Waals surface area contributed by atoms with E-state index in [1.807, 2.05) is 38.1 Å². The molecule has 9 heteroatoms. The Morgan fingerprint density at radius 2 is 1.87 bits per heavy atom. The normalized spacial score (nSPS) is 17.2. The van der Waals surface area contributed by atoms with Gasteiger partial charge >= 0.3 is 0 Å². The number of hydrogen-bond acceptors (Lipinski definition) is 6. The maximum atomic E-state index is 13.3. The summed E-state index contributed by atoms with van der Waals surface area (Å²) in [4.78, 5) is 12.8. The first-order valence-corrected chi connectivity index (χ1v) is 11.9. The minimum atomic E-state index is -3.66. The van der Waals surface area contributed by atoms with E-state index < -0.39 is 16.1 Å². The summed E-state index contributed by atoms with van der Waals surface area (Å²) in [6.45, 7) is 4.27. The summed E-state index contributed by atoms with van der Waals surface area (Å²) in [7, 11) is -3.66. The molecule has 7 nitrogen and oxygen atoms in total. The number of amides is 1. The average Bonchev–Trinajstić information content (AvgIpc) is 3.40. The Morgan fingerprint density at radius 1 is 1.10 bits per heavy atom. The standard InChI is InChI=1S/C21H22N4O3S2/c1-14-10-11-17(13-15(14)2)30(27,28)25-12-6-9-18(25)20-23-24-21(29-20)19(26)22-16-7-4-3-5-8-16/h3-5,7-8,10-11,13,18H,6,9,12H2,1-2H3,(H,22,26)/t18-/m0/s1. The fourth-order valence-corrected chi connectivity index (χ4v) is 6.15. The number of nitrogens with zero attached hydrogens (tertiary/aromatic N) is 3. The predicted molar refractivity (Wildman–Crippen MR) is 116 cm³/mol. The predicted octanol–water partition coefficient (Wildman–Crippen LogP) is 3.93. The number of nitrogens with one attached hydrogen (secondary N) is 1. The van der Waals surface area contributed by atoms with Gasteiger partial charge in [0.1, 0.15) is 5.01 Å². The van der Waals surface area contributed by atoms with E-state index in [2.05, 4.69) is 15.5 Å². The monoisotopic (exact) mass is 442 g/mol. The highest BCUT2D eigenvalue weighted by Crippen LogP contribution is 2.38. The van der Waals surface area contributed by atoms with Crippen LogP contribution < -0.4 is 5.32 Å². The van der Waals surface area contributed by atoms with Gasteiger partial charge in [0.2, 0.25) is 15.0 Å². The molecule has 0 unspecified atom stereocenters.